The fourth-order valence-corrected chi connectivity index (χ4v) is 3.08. The fraction of sp³-hybridized carbons (Fsp3) is 0.353. The minimum Gasteiger partial charge on any atom is -0.361 e. The molecule has 1 atom stereocenters. The molecule has 25 heavy (non-hydrogen) atoms. The van der Waals surface area contributed by atoms with E-state index in [4.69, 9.17) is 4.84 Å². The molecular weight excluding hydrogens is 323 g/mol. The summed E-state index contributed by atoms with van der Waals surface area (Å²) in [7, 11) is 1.55. The van der Waals surface area contributed by atoms with Crippen LogP contribution in [0.15, 0.2) is 30.9 Å². The summed E-state index contributed by atoms with van der Waals surface area (Å²) in [4.78, 5) is 20.7. The van der Waals surface area contributed by atoms with Crippen molar-refractivity contribution >= 4 is 17.0 Å². The van der Waals surface area contributed by atoms with Gasteiger partial charge in [0.25, 0.3) is 0 Å². The van der Waals surface area contributed by atoms with Gasteiger partial charge < -0.3 is 15.1 Å². The highest BCUT2D eigenvalue weighted by Crippen LogP contribution is 2.44. The molecule has 130 valence electrons. The van der Waals surface area contributed by atoms with Crippen LogP contribution in [0.25, 0.3) is 11.2 Å². The number of aromatic amines is 1. The zero-order valence-electron chi connectivity index (χ0n) is 13.8. The van der Waals surface area contributed by atoms with Gasteiger partial charge in [-0.2, -0.15) is 5.48 Å². The van der Waals surface area contributed by atoms with Crippen molar-refractivity contribution in [3.05, 3.63) is 47.8 Å². The minimum atomic E-state index is -0.260. The molecule has 0 unspecified atom stereocenters. The van der Waals surface area contributed by atoms with E-state index in [1.807, 2.05) is 6.07 Å². The smallest absolute Gasteiger partial charge is 0.182 e. The molecule has 0 amide bonds. The number of hydrogen-bond donors (Lipinski definition) is 3. The number of aromatic nitrogens is 4. The van der Waals surface area contributed by atoms with Crippen molar-refractivity contribution in [1.82, 2.24) is 25.4 Å². The predicted octanol–water partition coefficient (Wildman–Crippen LogP) is 2.71. The van der Waals surface area contributed by atoms with Crippen LogP contribution in [0.2, 0.25) is 0 Å². The van der Waals surface area contributed by atoms with Gasteiger partial charge in [-0.3, -0.25) is 0 Å². The topological polar surface area (TPSA) is 87.8 Å². The average molecular weight is 342 g/mol. The highest BCUT2D eigenvalue weighted by Gasteiger charge is 2.34. The Bertz CT molecular complexity index is 878. The molecule has 0 aliphatic heterocycles. The van der Waals surface area contributed by atoms with Crippen molar-refractivity contribution in [3.8, 4) is 0 Å². The summed E-state index contributed by atoms with van der Waals surface area (Å²) in [6, 6.07) is 4.91. The van der Waals surface area contributed by atoms with Gasteiger partial charge in [0.2, 0.25) is 0 Å². The molecule has 0 spiro atoms. The Morgan fingerprint density at radius 1 is 1.32 bits per heavy atom. The van der Waals surface area contributed by atoms with E-state index < -0.39 is 0 Å². The first-order valence-electron chi connectivity index (χ1n) is 8.21. The van der Waals surface area contributed by atoms with Crippen molar-refractivity contribution < 1.29 is 9.23 Å². The number of anilines is 1. The number of nitrogens with zero attached hydrogens (tertiary/aromatic N) is 3. The molecule has 1 aliphatic rings. The normalized spacial score (nSPS) is 15.4. The largest absolute Gasteiger partial charge is 0.361 e. The lowest BCUT2D eigenvalue weighted by atomic mass is 9.96. The summed E-state index contributed by atoms with van der Waals surface area (Å²) in [5.41, 5.74) is 6.09. The first-order valence-corrected chi connectivity index (χ1v) is 8.21. The molecule has 1 aliphatic carbocycles. The standard InChI is InChI=1S/C17H19FN6O/c1-25-23-7-11-6-12(18)4-5-13(11)14(10-2-3-10)24-17-15-16(20-8-19-15)21-9-22-17/h4-6,8-10,14,23H,2-3,7H2,1H3,(H2,19,20,21,22,24)/t14-/m0/s1. The number of hydrogen-bond acceptors (Lipinski definition) is 6. The number of halogens is 1. The molecular formula is C17H19FN6O. The molecule has 0 radical (unpaired) electrons. The van der Waals surface area contributed by atoms with Gasteiger partial charge in [0, 0.05) is 6.54 Å². The van der Waals surface area contributed by atoms with Gasteiger partial charge in [0.05, 0.1) is 19.5 Å². The van der Waals surface area contributed by atoms with Crippen LogP contribution < -0.4 is 10.8 Å². The Hall–Kier alpha value is -2.58. The molecule has 2 heterocycles. The number of benzene rings is 1. The fourth-order valence-electron chi connectivity index (χ4n) is 3.08. The second kappa shape index (κ2) is 6.73. The molecule has 1 saturated carbocycles. The molecule has 1 aromatic carbocycles. The van der Waals surface area contributed by atoms with E-state index in [2.05, 4.69) is 30.7 Å². The average Bonchev–Trinajstić information content (AvgIpc) is 3.34. The Kier molecular flexibility index (Phi) is 4.29. The molecule has 2 aromatic heterocycles. The van der Waals surface area contributed by atoms with Crippen molar-refractivity contribution in [3.63, 3.8) is 0 Å². The number of nitrogens with one attached hydrogen (secondary N) is 3. The minimum absolute atomic E-state index is 0.0376. The summed E-state index contributed by atoms with van der Waals surface area (Å²) in [6.07, 6.45) is 5.35. The van der Waals surface area contributed by atoms with E-state index in [1.54, 1.807) is 19.5 Å². The Morgan fingerprint density at radius 3 is 3.00 bits per heavy atom. The Labute approximate surface area is 144 Å². The number of fused-ring (bicyclic) bond motifs is 1. The van der Waals surface area contributed by atoms with E-state index >= 15 is 0 Å². The molecule has 7 nitrogen and oxygen atoms in total. The van der Waals surface area contributed by atoms with Crippen LogP contribution in [0.1, 0.15) is 30.0 Å². The van der Waals surface area contributed by atoms with Crippen molar-refractivity contribution in [2.24, 2.45) is 5.92 Å². The van der Waals surface area contributed by atoms with Gasteiger partial charge >= 0.3 is 0 Å². The number of H-pyrrole nitrogens is 1. The summed E-state index contributed by atoms with van der Waals surface area (Å²) in [5, 5.41) is 3.51. The van der Waals surface area contributed by atoms with Gasteiger partial charge in [-0.25, -0.2) is 19.3 Å². The molecule has 4 rings (SSSR count). The predicted molar refractivity (Wildman–Crippen MR) is 91.0 cm³/mol. The maximum absolute atomic E-state index is 13.7. The van der Waals surface area contributed by atoms with Crippen LogP contribution in [0, 0.1) is 11.7 Å². The lowest BCUT2D eigenvalue weighted by Crippen LogP contribution is -2.19. The first kappa shape index (κ1) is 15.9. The van der Waals surface area contributed by atoms with E-state index in [9.17, 15) is 4.39 Å². The highest BCUT2D eigenvalue weighted by molar-refractivity contribution is 5.82. The summed E-state index contributed by atoms with van der Waals surface area (Å²) in [5.74, 6) is 0.929. The van der Waals surface area contributed by atoms with Gasteiger partial charge in [-0.15, -0.1) is 0 Å². The van der Waals surface area contributed by atoms with Crippen LogP contribution in [0.4, 0.5) is 10.2 Å². The molecule has 1 fully saturated rings. The Morgan fingerprint density at radius 2 is 2.20 bits per heavy atom. The zero-order valence-corrected chi connectivity index (χ0v) is 13.8. The second-order valence-corrected chi connectivity index (χ2v) is 6.15. The number of imidazole rings is 1. The lowest BCUT2D eigenvalue weighted by molar-refractivity contribution is 0.0864. The van der Waals surface area contributed by atoms with Crippen LogP contribution in [-0.2, 0) is 11.4 Å². The third-order valence-corrected chi connectivity index (χ3v) is 4.46. The van der Waals surface area contributed by atoms with E-state index in [0.717, 1.165) is 29.5 Å². The van der Waals surface area contributed by atoms with E-state index in [-0.39, 0.29) is 11.9 Å². The molecule has 3 N–H and O–H groups in total. The molecule has 3 aromatic rings. The van der Waals surface area contributed by atoms with Gasteiger partial charge in [0.1, 0.15) is 17.7 Å². The van der Waals surface area contributed by atoms with Crippen molar-refractivity contribution in [1.29, 1.82) is 0 Å². The highest BCUT2D eigenvalue weighted by atomic mass is 19.1. The first-order chi connectivity index (χ1) is 12.3. The van der Waals surface area contributed by atoms with Gasteiger partial charge in [-0.1, -0.05) is 6.07 Å². The quantitative estimate of drug-likeness (QED) is 0.572. The Balaban J connectivity index is 1.69. The lowest BCUT2D eigenvalue weighted by Gasteiger charge is -2.22. The second-order valence-electron chi connectivity index (χ2n) is 6.15. The number of rotatable bonds is 7. The van der Waals surface area contributed by atoms with E-state index in [1.165, 1.54) is 12.4 Å². The maximum atomic E-state index is 13.7. The maximum Gasteiger partial charge on any atom is 0.182 e. The molecule has 0 bridgehead atoms. The zero-order chi connectivity index (χ0) is 17.2. The van der Waals surface area contributed by atoms with Gasteiger partial charge in [-0.05, 0) is 42.0 Å². The monoisotopic (exact) mass is 342 g/mol. The third-order valence-electron chi connectivity index (χ3n) is 4.46. The summed E-state index contributed by atoms with van der Waals surface area (Å²) < 4.78 is 13.7. The SMILES string of the molecule is CONCc1cc(F)ccc1[C@@H](Nc1ncnc2nc[nH]c12)C1CC1. The van der Waals surface area contributed by atoms with Crippen LogP contribution >= 0.6 is 0 Å². The summed E-state index contributed by atoms with van der Waals surface area (Å²) >= 11 is 0. The molecule has 0 saturated heterocycles. The third kappa shape index (κ3) is 3.31. The van der Waals surface area contributed by atoms with Crippen LogP contribution in [0.5, 0.6) is 0 Å². The van der Waals surface area contributed by atoms with Crippen molar-refractivity contribution in [2.45, 2.75) is 25.4 Å². The molecule has 8 heteroatoms. The van der Waals surface area contributed by atoms with Crippen molar-refractivity contribution in [2.75, 3.05) is 12.4 Å². The van der Waals surface area contributed by atoms with Crippen LogP contribution in [-0.4, -0.2) is 27.0 Å². The summed E-state index contributed by atoms with van der Waals surface area (Å²) in [6.45, 7) is 0.428. The van der Waals surface area contributed by atoms with Crippen LogP contribution in [0.3, 0.4) is 0 Å². The number of hydroxylamine groups is 1. The van der Waals surface area contributed by atoms with Gasteiger partial charge in [0.15, 0.2) is 11.5 Å². The van der Waals surface area contributed by atoms with E-state index in [0.29, 0.717) is 23.9 Å².